The SMILES string of the molecule is O=C(O)NC1(c2ccc(-n3c(-c4ccccc4)nc4ccc(-c5cccc(N6CCOCC6)c5)nc43)cc2)CCC1. The van der Waals surface area contributed by atoms with Crippen molar-refractivity contribution in [3.05, 3.63) is 96.6 Å². The molecule has 3 heterocycles. The maximum Gasteiger partial charge on any atom is 0.405 e. The lowest BCUT2D eigenvalue weighted by molar-refractivity contribution is 0.122. The van der Waals surface area contributed by atoms with E-state index in [2.05, 4.69) is 51.2 Å². The van der Waals surface area contributed by atoms with Crippen LogP contribution in [0, 0.1) is 0 Å². The molecule has 1 aliphatic carbocycles. The van der Waals surface area contributed by atoms with Crippen molar-refractivity contribution in [2.45, 2.75) is 24.8 Å². The standard InChI is InChI=1S/C33H31N5O3/c39-32(40)36-33(16-5-17-33)25-10-12-26(13-11-25)38-30(23-6-2-1-3-7-23)35-29-15-14-28(34-31(29)38)24-8-4-9-27(22-24)37-18-20-41-21-19-37/h1-4,6-15,22,36H,5,16-21H2,(H,39,40). The molecule has 206 valence electrons. The van der Waals surface area contributed by atoms with Gasteiger partial charge in [-0.1, -0.05) is 54.6 Å². The van der Waals surface area contributed by atoms with Crippen LogP contribution in [0.25, 0.3) is 39.5 Å². The molecule has 1 aliphatic heterocycles. The van der Waals surface area contributed by atoms with Gasteiger partial charge in [-0.15, -0.1) is 0 Å². The van der Waals surface area contributed by atoms with Crippen molar-refractivity contribution < 1.29 is 14.6 Å². The second kappa shape index (κ2) is 10.4. The summed E-state index contributed by atoms with van der Waals surface area (Å²) in [5.41, 5.74) is 7.06. The van der Waals surface area contributed by atoms with Crippen LogP contribution in [-0.4, -0.2) is 52.0 Å². The quantitative estimate of drug-likeness (QED) is 0.263. The first-order valence-corrected chi connectivity index (χ1v) is 14.1. The average molecular weight is 546 g/mol. The molecule has 5 aromatic rings. The summed E-state index contributed by atoms with van der Waals surface area (Å²) in [6, 6.07) is 30.9. The third-order valence-electron chi connectivity index (χ3n) is 8.29. The van der Waals surface area contributed by atoms with Gasteiger partial charge >= 0.3 is 6.09 Å². The predicted molar refractivity (Wildman–Crippen MR) is 159 cm³/mol. The Bertz CT molecular complexity index is 1700. The highest BCUT2D eigenvalue weighted by Crippen LogP contribution is 2.42. The fraction of sp³-hybridized carbons (Fsp3) is 0.242. The highest BCUT2D eigenvalue weighted by atomic mass is 16.5. The van der Waals surface area contributed by atoms with Crippen LogP contribution >= 0.6 is 0 Å². The number of carbonyl (C=O) groups is 1. The molecule has 0 atom stereocenters. The van der Waals surface area contributed by atoms with Crippen LogP contribution in [0.1, 0.15) is 24.8 Å². The van der Waals surface area contributed by atoms with Gasteiger partial charge in [0.15, 0.2) is 5.65 Å². The Morgan fingerprint density at radius 3 is 2.29 bits per heavy atom. The number of benzene rings is 3. The summed E-state index contributed by atoms with van der Waals surface area (Å²) in [6.45, 7) is 3.23. The van der Waals surface area contributed by atoms with E-state index in [4.69, 9.17) is 14.7 Å². The van der Waals surface area contributed by atoms with E-state index >= 15 is 0 Å². The Morgan fingerprint density at radius 1 is 0.829 bits per heavy atom. The highest BCUT2D eigenvalue weighted by molar-refractivity contribution is 5.83. The Balaban J connectivity index is 1.33. The molecule has 2 fully saturated rings. The molecule has 8 heteroatoms. The van der Waals surface area contributed by atoms with Gasteiger partial charge in [-0.25, -0.2) is 14.8 Å². The van der Waals surface area contributed by atoms with Gasteiger partial charge < -0.3 is 20.1 Å². The number of anilines is 1. The predicted octanol–water partition coefficient (Wildman–Crippen LogP) is 6.24. The number of ether oxygens (including phenoxy) is 1. The number of nitrogens with one attached hydrogen (secondary N) is 1. The number of nitrogens with zero attached hydrogens (tertiary/aromatic N) is 4. The minimum atomic E-state index is -0.991. The lowest BCUT2D eigenvalue weighted by Crippen LogP contribution is -2.50. The van der Waals surface area contributed by atoms with E-state index in [1.54, 1.807) is 0 Å². The number of hydrogen-bond acceptors (Lipinski definition) is 5. The fourth-order valence-electron chi connectivity index (χ4n) is 5.98. The molecule has 1 amide bonds. The molecule has 2 N–H and O–H groups in total. The third-order valence-corrected chi connectivity index (χ3v) is 8.29. The Hall–Kier alpha value is -4.69. The average Bonchev–Trinajstić information content (AvgIpc) is 3.39. The number of carboxylic acid groups (broad SMARTS) is 1. The van der Waals surface area contributed by atoms with Gasteiger partial charge in [0.05, 0.1) is 24.4 Å². The second-order valence-corrected chi connectivity index (χ2v) is 10.7. The molecule has 1 saturated heterocycles. The summed E-state index contributed by atoms with van der Waals surface area (Å²) in [4.78, 5) is 24.0. The minimum absolute atomic E-state index is 0.513. The van der Waals surface area contributed by atoms with E-state index in [1.165, 1.54) is 5.69 Å². The van der Waals surface area contributed by atoms with Crippen molar-refractivity contribution in [2.24, 2.45) is 0 Å². The molecule has 3 aromatic carbocycles. The molecule has 0 bridgehead atoms. The maximum absolute atomic E-state index is 11.5. The number of rotatable bonds is 6. The summed E-state index contributed by atoms with van der Waals surface area (Å²) in [5, 5.41) is 12.2. The lowest BCUT2D eigenvalue weighted by atomic mass is 9.72. The van der Waals surface area contributed by atoms with Crippen LogP contribution in [0.2, 0.25) is 0 Å². The first-order chi connectivity index (χ1) is 20.1. The van der Waals surface area contributed by atoms with Crippen molar-refractivity contribution in [3.63, 3.8) is 0 Å². The summed E-state index contributed by atoms with van der Waals surface area (Å²) in [7, 11) is 0. The van der Waals surface area contributed by atoms with Gasteiger partial charge in [-0.05, 0) is 61.2 Å². The van der Waals surface area contributed by atoms with E-state index in [1.807, 2.05) is 54.6 Å². The number of amides is 1. The van der Waals surface area contributed by atoms with Crippen LogP contribution in [0.15, 0.2) is 91.0 Å². The van der Waals surface area contributed by atoms with E-state index in [-0.39, 0.29) is 0 Å². The number of imidazole rings is 1. The molecule has 2 aromatic heterocycles. The van der Waals surface area contributed by atoms with Gasteiger partial charge in [0.2, 0.25) is 0 Å². The molecule has 0 radical (unpaired) electrons. The maximum atomic E-state index is 11.5. The zero-order chi connectivity index (χ0) is 27.8. The number of morpholine rings is 1. The molecule has 1 saturated carbocycles. The summed E-state index contributed by atoms with van der Waals surface area (Å²) in [6.07, 6.45) is 1.62. The van der Waals surface area contributed by atoms with Gasteiger partial charge in [-0.3, -0.25) is 4.57 Å². The van der Waals surface area contributed by atoms with Crippen LogP contribution in [0.4, 0.5) is 10.5 Å². The Labute approximate surface area is 238 Å². The van der Waals surface area contributed by atoms with Crippen LogP contribution < -0.4 is 10.2 Å². The van der Waals surface area contributed by atoms with Crippen molar-refractivity contribution in [2.75, 3.05) is 31.2 Å². The molecular formula is C33H31N5O3. The van der Waals surface area contributed by atoms with Crippen LogP contribution in [-0.2, 0) is 10.3 Å². The monoisotopic (exact) mass is 545 g/mol. The van der Waals surface area contributed by atoms with Crippen LogP contribution in [0.3, 0.4) is 0 Å². The Morgan fingerprint density at radius 2 is 1.59 bits per heavy atom. The van der Waals surface area contributed by atoms with Gasteiger partial charge in [-0.2, -0.15) is 0 Å². The smallest absolute Gasteiger partial charge is 0.405 e. The largest absolute Gasteiger partial charge is 0.465 e. The molecule has 0 spiro atoms. The number of aromatic nitrogens is 3. The van der Waals surface area contributed by atoms with Crippen LogP contribution in [0.5, 0.6) is 0 Å². The van der Waals surface area contributed by atoms with Crippen molar-refractivity contribution in [1.29, 1.82) is 0 Å². The Kier molecular flexibility index (Phi) is 6.40. The summed E-state index contributed by atoms with van der Waals surface area (Å²) < 4.78 is 7.64. The first-order valence-electron chi connectivity index (χ1n) is 14.1. The van der Waals surface area contributed by atoms with E-state index < -0.39 is 11.6 Å². The second-order valence-electron chi connectivity index (χ2n) is 10.7. The molecule has 7 rings (SSSR count). The van der Waals surface area contributed by atoms with E-state index in [9.17, 15) is 9.90 Å². The fourth-order valence-corrected chi connectivity index (χ4v) is 5.98. The summed E-state index contributed by atoms with van der Waals surface area (Å²) in [5.74, 6) is 0.807. The van der Waals surface area contributed by atoms with Gasteiger partial charge in [0, 0.05) is 35.6 Å². The van der Waals surface area contributed by atoms with Gasteiger partial charge in [0.25, 0.3) is 0 Å². The van der Waals surface area contributed by atoms with Gasteiger partial charge in [0.1, 0.15) is 11.3 Å². The number of hydrogen-bond donors (Lipinski definition) is 2. The highest BCUT2D eigenvalue weighted by Gasteiger charge is 2.40. The molecule has 8 nitrogen and oxygen atoms in total. The molecule has 2 aliphatic rings. The number of pyridine rings is 1. The van der Waals surface area contributed by atoms with Crippen molar-refractivity contribution in [1.82, 2.24) is 19.9 Å². The van der Waals surface area contributed by atoms with Crippen molar-refractivity contribution >= 4 is 22.9 Å². The topological polar surface area (TPSA) is 92.5 Å². The molecular weight excluding hydrogens is 514 g/mol. The number of fused-ring (bicyclic) bond motifs is 1. The zero-order valence-corrected chi connectivity index (χ0v) is 22.7. The normalized spacial score (nSPS) is 16.3. The third kappa shape index (κ3) is 4.70. The first kappa shape index (κ1) is 25.3. The zero-order valence-electron chi connectivity index (χ0n) is 22.7. The molecule has 41 heavy (non-hydrogen) atoms. The van der Waals surface area contributed by atoms with E-state index in [0.717, 1.165) is 90.6 Å². The minimum Gasteiger partial charge on any atom is -0.465 e. The molecule has 0 unspecified atom stereocenters. The lowest BCUT2D eigenvalue weighted by Gasteiger charge is -2.42. The van der Waals surface area contributed by atoms with Crippen molar-refractivity contribution in [3.8, 4) is 28.3 Å². The summed E-state index contributed by atoms with van der Waals surface area (Å²) >= 11 is 0. The van der Waals surface area contributed by atoms with E-state index in [0.29, 0.717) is 0 Å².